The molecule has 0 heterocycles. The summed E-state index contributed by atoms with van der Waals surface area (Å²) in [5, 5.41) is 2.55. The van der Waals surface area contributed by atoms with Crippen molar-refractivity contribution >= 4 is 23.5 Å². The highest BCUT2D eigenvalue weighted by Crippen LogP contribution is 2.42. The Kier molecular flexibility index (Phi) is 6.99. The molecule has 0 bridgehead atoms. The molecular weight excluding hydrogens is 406 g/mol. The number of carbonyl (C=O) groups is 3. The maximum atomic E-state index is 13.7. The number of carbonyl (C=O) groups excluding carboxylic acids is 3. The summed E-state index contributed by atoms with van der Waals surface area (Å²) in [5.74, 6) is -2.44. The van der Waals surface area contributed by atoms with E-state index in [4.69, 9.17) is 4.74 Å². The van der Waals surface area contributed by atoms with Crippen molar-refractivity contribution in [2.24, 2.45) is 0 Å². The van der Waals surface area contributed by atoms with Crippen LogP contribution in [0.15, 0.2) is 48.5 Å². The molecule has 8 heteroatoms. The van der Waals surface area contributed by atoms with Gasteiger partial charge in [-0.2, -0.15) is 0 Å². The van der Waals surface area contributed by atoms with Crippen LogP contribution in [0.5, 0.6) is 0 Å². The van der Waals surface area contributed by atoms with E-state index in [9.17, 15) is 23.2 Å². The molecule has 3 rings (SSSR count). The van der Waals surface area contributed by atoms with E-state index < -0.39 is 41.4 Å². The second-order valence-corrected chi connectivity index (χ2v) is 7.68. The number of rotatable bonds is 7. The van der Waals surface area contributed by atoms with Crippen LogP contribution in [0, 0.1) is 11.6 Å². The molecule has 0 unspecified atom stereocenters. The van der Waals surface area contributed by atoms with E-state index in [0.29, 0.717) is 24.1 Å². The van der Waals surface area contributed by atoms with E-state index in [1.54, 1.807) is 12.1 Å². The second kappa shape index (κ2) is 9.68. The minimum absolute atomic E-state index is 0.261. The molecule has 2 aromatic carbocycles. The molecule has 0 radical (unpaired) electrons. The molecule has 2 aromatic rings. The summed E-state index contributed by atoms with van der Waals surface area (Å²) in [4.78, 5) is 38.4. The summed E-state index contributed by atoms with van der Waals surface area (Å²) in [5.41, 5.74) is -0.00704. The quantitative estimate of drug-likeness (QED) is 0.683. The van der Waals surface area contributed by atoms with E-state index in [0.717, 1.165) is 17.7 Å². The van der Waals surface area contributed by atoms with Crippen LogP contribution in [0.25, 0.3) is 0 Å². The first-order valence-electron chi connectivity index (χ1n) is 10.0. The zero-order valence-electron chi connectivity index (χ0n) is 17.2. The third-order valence-corrected chi connectivity index (χ3v) is 5.49. The molecule has 0 aromatic heterocycles. The maximum absolute atomic E-state index is 13.7. The summed E-state index contributed by atoms with van der Waals surface area (Å²) in [7, 11) is 1.42. The monoisotopic (exact) mass is 430 g/mol. The summed E-state index contributed by atoms with van der Waals surface area (Å²) >= 11 is 0. The van der Waals surface area contributed by atoms with E-state index in [1.165, 1.54) is 43.4 Å². The number of nitrogens with zero attached hydrogens (tertiary/aromatic N) is 1. The number of amides is 2. The van der Waals surface area contributed by atoms with Crippen LogP contribution in [-0.4, -0.2) is 42.9 Å². The first-order valence-corrected chi connectivity index (χ1v) is 10.0. The predicted octanol–water partition coefficient (Wildman–Crippen LogP) is 3.42. The molecule has 1 fully saturated rings. The lowest BCUT2D eigenvalue weighted by molar-refractivity contribution is -0.156. The van der Waals surface area contributed by atoms with Crippen LogP contribution < -0.4 is 5.32 Å². The topological polar surface area (TPSA) is 75.7 Å². The Morgan fingerprint density at radius 1 is 1.03 bits per heavy atom. The number of anilines is 1. The fraction of sp³-hybridized carbons (Fsp3) is 0.348. The van der Waals surface area contributed by atoms with Gasteiger partial charge in [-0.15, -0.1) is 0 Å². The van der Waals surface area contributed by atoms with Crippen molar-refractivity contribution in [1.29, 1.82) is 0 Å². The third kappa shape index (κ3) is 5.45. The van der Waals surface area contributed by atoms with Gasteiger partial charge in [0.25, 0.3) is 5.91 Å². The van der Waals surface area contributed by atoms with Gasteiger partial charge in [-0.05, 0) is 54.8 Å². The molecule has 164 valence electrons. The lowest BCUT2D eigenvalue weighted by atomic mass is 9.79. The lowest BCUT2D eigenvalue weighted by Gasteiger charge is -2.27. The molecule has 2 amide bonds. The zero-order chi connectivity index (χ0) is 22.4. The molecule has 0 saturated heterocycles. The molecule has 6 nitrogen and oxygen atoms in total. The number of hydrogen-bond donors (Lipinski definition) is 1. The summed E-state index contributed by atoms with van der Waals surface area (Å²) < 4.78 is 31.9. The molecule has 1 N–H and O–H groups in total. The Morgan fingerprint density at radius 3 is 2.35 bits per heavy atom. The average molecular weight is 430 g/mol. The number of esters is 1. The normalized spacial score (nSPS) is 14.7. The Hall–Kier alpha value is -3.29. The first-order chi connectivity index (χ1) is 14.8. The van der Waals surface area contributed by atoms with Gasteiger partial charge in [-0.25, -0.2) is 8.78 Å². The number of ether oxygens (including phenoxy) is 1. The van der Waals surface area contributed by atoms with Crippen molar-refractivity contribution in [3.05, 3.63) is 65.7 Å². The van der Waals surface area contributed by atoms with Gasteiger partial charge < -0.3 is 15.0 Å². The highest BCUT2D eigenvalue weighted by Gasteiger charge is 2.44. The van der Waals surface area contributed by atoms with Crippen molar-refractivity contribution in [2.45, 2.75) is 31.1 Å². The third-order valence-electron chi connectivity index (χ3n) is 5.49. The summed E-state index contributed by atoms with van der Waals surface area (Å²) in [6, 6.07) is 11.1. The molecule has 0 atom stereocenters. The fourth-order valence-corrected chi connectivity index (χ4v) is 3.79. The van der Waals surface area contributed by atoms with Gasteiger partial charge in [0.05, 0.1) is 12.0 Å². The summed E-state index contributed by atoms with van der Waals surface area (Å²) in [6.07, 6.45) is 2.67. The molecule has 0 aliphatic heterocycles. The van der Waals surface area contributed by atoms with Crippen LogP contribution in [0.3, 0.4) is 0 Å². The van der Waals surface area contributed by atoms with Crippen molar-refractivity contribution in [3.63, 3.8) is 0 Å². The Labute approximate surface area is 179 Å². The first kappa shape index (κ1) is 22.4. The standard InChI is InChI=1S/C23H24F2N2O4/c1-27(14-20(28)26-19-9-7-17(24)8-10-19)21(29)15-31-22(30)23(11-2-3-12-23)16-5-4-6-18(25)13-16/h4-10,13H,2-3,11-12,14-15H2,1H3,(H,26,28). The Bertz CT molecular complexity index is 956. The molecular formula is C23H24F2N2O4. The Balaban J connectivity index is 1.55. The van der Waals surface area contributed by atoms with E-state index >= 15 is 0 Å². The summed E-state index contributed by atoms with van der Waals surface area (Å²) in [6.45, 7) is -0.779. The van der Waals surface area contributed by atoms with E-state index in [1.807, 2.05) is 0 Å². The Morgan fingerprint density at radius 2 is 1.71 bits per heavy atom. The van der Waals surface area contributed by atoms with Crippen LogP contribution in [0.4, 0.5) is 14.5 Å². The van der Waals surface area contributed by atoms with Crippen molar-refractivity contribution in [1.82, 2.24) is 4.90 Å². The van der Waals surface area contributed by atoms with Crippen LogP contribution in [0.2, 0.25) is 0 Å². The van der Waals surface area contributed by atoms with Gasteiger partial charge in [0.15, 0.2) is 6.61 Å². The van der Waals surface area contributed by atoms with Crippen molar-refractivity contribution in [2.75, 3.05) is 25.5 Å². The molecule has 1 aliphatic rings. The highest BCUT2D eigenvalue weighted by atomic mass is 19.1. The van der Waals surface area contributed by atoms with E-state index in [2.05, 4.69) is 5.32 Å². The number of benzene rings is 2. The van der Waals surface area contributed by atoms with Crippen LogP contribution >= 0.6 is 0 Å². The molecule has 31 heavy (non-hydrogen) atoms. The van der Waals surface area contributed by atoms with Crippen molar-refractivity contribution in [3.8, 4) is 0 Å². The smallest absolute Gasteiger partial charge is 0.317 e. The minimum atomic E-state index is -0.957. The lowest BCUT2D eigenvalue weighted by Crippen LogP contribution is -2.40. The zero-order valence-corrected chi connectivity index (χ0v) is 17.2. The number of likely N-dealkylation sites (N-methyl/N-ethyl adjacent to an activating group) is 1. The number of halogens is 2. The molecule has 1 saturated carbocycles. The number of hydrogen-bond acceptors (Lipinski definition) is 4. The average Bonchev–Trinajstić information content (AvgIpc) is 3.24. The van der Waals surface area contributed by atoms with Gasteiger partial charge in [0, 0.05) is 12.7 Å². The van der Waals surface area contributed by atoms with Gasteiger partial charge in [0.2, 0.25) is 5.91 Å². The highest BCUT2D eigenvalue weighted by molar-refractivity contribution is 5.95. The van der Waals surface area contributed by atoms with Gasteiger partial charge >= 0.3 is 5.97 Å². The molecule has 1 aliphatic carbocycles. The van der Waals surface area contributed by atoms with Gasteiger partial charge in [-0.3, -0.25) is 14.4 Å². The minimum Gasteiger partial charge on any atom is -0.455 e. The van der Waals surface area contributed by atoms with Crippen LogP contribution in [-0.2, 0) is 24.5 Å². The van der Waals surface area contributed by atoms with Gasteiger partial charge in [0.1, 0.15) is 11.6 Å². The molecule has 0 spiro atoms. The number of nitrogens with one attached hydrogen (secondary N) is 1. The van der Waals surface area contributed by atoms with Crippen LogP contribution in [0.1, 0.15) is 31.2 Å². The second-order valence-electron chi connectivity index (χ2n) is 7.68. The van der Waals surface area contributed by atoms with E-state index in [-0.39, 0.29) is 6.54 Å². The fourth-order valence-electron chi connectivity index (χ4n) is 3.79. The van der Waals surface area contributed by atoms with Crippen molar-refractivity contribution < 1.29 is 27.9 Å². The van der Waals surface area contributed by atoms with Gasteiger partial charge in [-0.1, -0.05) is 25.0 Å². The largest absolute Gasteiger partial charge is 0.455 e. The maximum Gasteiger partial charge on any atom is 0.317 e. The SMILES string of the molecule is CN(CC(=O)Nc1ccc(F)cc1)C(=O)COC(=O)C1(c2cccc(F)c2)CCCC1. The predicted molar refractivity (Wildman–Crippen MR) is 110 cm³/mol.